The van der Waals surface area contributed by atoms with Crippen molar-refractivity contribution in [2.24, 2.45) is 0 Å². The Kier molecular flexibility index (Phi) is 11.8. The van der Waals surface area contributed by atoms with Gasteiger partial charge in [-0.1, -0.05) is 204 Å². The molecule has 0 bridgehead atoms. The van der Waals surface area contributed by atoms with Gasteiger partial charge in [0.15, 0.2) is 0 Å². The number of nitrogens with zero attached hydrogens (tertiary/aromatic N) is 2. The quantitative estimate of drug-likeness (QED) is 0.160. The molecule has 3 aliphatic carbocycles. The normalized spacial score (nSPS) is 20.0. The van der Waals surface area contributed by atoms with Gasteiger partial charge in [0.05, 0.1) is 8.07 Å². The molecule has 0 saturated carbocycles. The van der Waals surface area contributed by atoms with Crippen molar-refractivity contribution in [3.05, 3.63) is 147 Å². The molecule has 0 N–H and O–H groups in total. The first-order valence-corrected chi connectivity index (χ1v) is 33.9. The van der Waals surface area contributed by atoms with Gasteiger partial charge >= 0.3 is 0 Å². The van der Waals surface area contributed by atoms with E-state index in [9.17, 15) is 0 Å². The molecule has 3 nitrogen and oxygen atoms in total. The highest BCUT2D eigenvalue weighted by atomic mass is 28.3. The molecule has 1 aromatic heterocycles. The van der Waals surface area contributed by atoms with E-state index < -0.39 is 8.07 Å². The van der Waals surface area contributed by atoms with Crippen LogP contribution in [0.2, 0.25) is 19.6 Å². The molecule has 0 spiro atoms. The van der Waals surface area contributed by atoms with Crippen LogP contribution in [0.15, 0.2) is 101 Å². The number of benzene rings is 6. The van der Waals surface area contributed by atoms with Crippen LogP contribution >= 0.6 is 0 Å². The standard InChI is InChI=1S/C74H93BN2OSi/c1-67(2,3)47-25-22-46(51(36-47)45-23-27-50(28-24-45)79(19,20)21)44-76-60-42-57-56(72(13,14)33-34-73(57,15)16)41-59(60)75-64-52-40-55-58(74(17,18)35-32-71(55,11)12)43-63(52)78-66(64)77(62-38-48(68(4,5)6)37-61(76)65(62)75)49-26-29-53-54(39-49)70(9,10)31-30-69(53,7)8/h22-29,36-43H,30-35,44H2,1-21H3. The molecule has 79 heavy (non-hydrogen) atoms. The van der Waals surface area contributed by atoms with Gasteiger partial charge < -0.3 is 9.32 Å². The monoisotopic (exact) mass is 1060 g/mol. The minimum Gasteiger partial charge on any atom is -0.440 e. The number of furan rings is 1. The van der Waals surface area contributed by atoms with Crippen LogP contribution in [0.4, 0.5) is 28.6 Å². The highest BCUT2D eigenvalue weighted by Gasteiger charge is 2.50. The summed E-state index contributed by atoms with van der Waals surface area (Å²) in [6, 6.07) is 40.4. The zero-order valence-corrected chi connectivity index (χ0v) is 53.6. The maximum Gasteiger partial charge on any atom is 0.257 e. The van der Waals surface area contributed by atoms with Crippen molar-refractivity contribution in [3.8, 4) is 11.1 Å². The van der Waals surface area contributed by atoms with Crippen LogP contribution in [0.25, 0.3) is 22.1 Å². The lowest BCUT2D eigenvalue weighted by atomic mass is 9.33. The molecule has 5 heteroatoms. The minimum atomic E-state index is -1.52. The van der Waals surface area contributed by atoms with E-state index >= 15 is 0 Å². The number of hydrogen-bond acceptors (Lipinski definition) is 3. The second-order valence-corrected chi connectivity index (χ2v) is 37.8. The third-order valence-electron chi connectivity index (χ3n) is 21.1. The minimum absolute atomic E-state index is 0.00551. The number of anilines is 5. The summed E-state index contributed by atoms with van der Waals surface area (Å²) in [4.78, 5) is 5.40. The largest absolute Gasteiger partial charge is 0.440 e. The van der Waals surface area contributed by atoms with Gasteiger partial charge in [-0.3, -0.25) is 4.90 Å². The molecule has 0 amide bonds. The van der Waals surface area contributed by atoms with E-state index in [1.807, 2.05) is 0 Å². The number of hydrogen-bond donors (Lipinski definition) is 0. The van der Waals surface area contributed by atoms with Crippen LogP contribution in [-0.4, -0.2) is 14.8 Å². The van der Waals surface area contributed by atoms with Gasteiger partial charge in [0, 0.05) is 40.1 Å². The second-order valence-electron chi connectivity index (χ2n) is 32.7. The Hall–Kier alpha value is -5.26. The van der Waals surface area contributed by atoms with Gasteiger partial charge in [0.25, 0.3) is 6.71 Å². The van der Waals surface area contributed by atoms with Crippen molar-refractivity contribution in [1.82, 2.24) is 0 Å². The summed E-state index contributed by atoms with van der Waals surface area (Å²) >= 11 is 0. The maximum absolute atomic E-state index is 7.77. The van der Waals surface area contributed by atoms with E-state index in [0.29, 0.717) is 0 Å². The average Bonchev–Trinajstić information content (AvgIpc) is 2.30. The number of rotatable bonds is 5. The van der Waals surface area contributed by atoms with Gasteiger partial charge in [-0.25, -0.2) is 0 Å². The van der Waals surface area contributed by atoms with E-state index in [2.05, 4.69) is 251 Å². The highest BCUT2D eigenvalue weighted by Crippen LogP contribution is 2.54. The molecule has 0 radical (unpaired) electrons. The Balaban J connectivity index is 1.21. The van der Waals surface area contributed by atoms with Crippen molar-refractivity contribution in [2.45, 2.75) is 233 Å². The third kappa shape index (κ3) is 8.60. The molecule has 3 heterocycles. The zero-order chi connectivity index (χ0) is 56.9. The first kappa shape index (κ1) is 54.3. The lowest BCUT2D eigenvalue weighted by Crippen LogP contribution is -2.62. The van der Waals surface area contributed by atoms with E-state index in [4.69, 9.17) is 4.42 Å². The van der Waals surface area contributed by atoms with Crippen LogP contribution in [0.3, 0.4) is 0 Å². The molecular weight excluding hydrogens is 972 g/mol. The van der Waals surface area contributed by atoms with Gasteiger partial charge in [0.2, 0.25) is 5.88 Å². The van der Waals surface area contributed by atoms with Crippen molar-refractivity contribution < 1.29 is 4.42 Å². The van der Waals surface area contributed by atoms with Gasteiger partial charge in [0.1, 0.15) is 5.58 Å². The molecule has 7 aromatic rings. The molecule has 12 rings (SSSR count). The van der Waals surface area contributed by atoms with Gasteiger partial charge in [-0.05, 0) is 196 Å². The summed E-state index contributed by atoms with van der Waals surface area (Å²) in [7, 11) is -1.52. The predicted octanol–water partition coefficient (Wildman–Crippen LogP) is 18.2. The Morgan fingerprint density at radius 1 is 0.481 bits per heavy atom. The summed E-state index contributed by atoms with van der Waals surface area (Å²) in [6.45, 7) is 52.1. The molecule has 6 aromatic carbocycles. The predicted molar refractivity (Wildman–Crippen MR) is 346 cm³/mol. The maximum atomic E-state index is 7.77. The first-order valence-electron chi connectivity index (χ1n) is 30.4. The smallest absolute Gasteiger partial charge is 0.257 e. The summed E-state index contributed by atoms with van der Waals surface area (Å²) in [5, 5.41) is 2.76. The van der Waals surface area contributed by atoms with Crippen molar-refractivity contribution in [3.63, 3.8) is 0 Å². The Bertz CT molecular complexity index is 3670. The fraction of sp³-hybridized carbons (Fsp3) is 0.486. The summed E-state index contributed by atoms with van der Waals surface area (Å²) in [5.41, 5.74) is 25.8. The second kappa shape index (κ2) is 17.2. The van der Waals surface area contributed by atoms with Gasteiger partial charge in [-0.15, -0.1) is 0 Å². The summed E-state index contributed by atoms with van der Waals surface area (Å²) in [5.74, 6) is 0.980. The molecular formula is C74H93BN2OSi. The molecule has 0 unspecified atom stereocenters. The SMILES string of the molecule is CC(C)(C)c1ccc(CN2c3cc4c(cc3B3c5c2cc(C(C)(C)C)cc5N(c2ccc5c(c2)C(C)(C)CCC5(C)C)c2oc5cc6c(cc5c23)C(C)(C)CCC6(C)C)C(C)(C)CCC4(C)C)c(-c2ccc([Si](C)(C)C)cc2)c1. The van der Waals surface area contributed by atoms with E-state index in [-0.39, 0.29) is 50.0 Å². The highest BCUT2D eigenvalue weighted by molar-refractivity contribution is 7.01. The van der Waals surface area contributed by atoms with Crippen LogP contribution in [-0.2, 0) is 49.9 Å². The van der Waals surface area contributed by atoms with Crippen LogP contribution < -0.4 is 31.4 Å². The molecule has 0 saturated heterocycles. The molecule has 2 aliphatic heterocycles. The van der Waals surface area contributed by atoms with Crippen molar-refractivity contribution in [2.75, 3.05) is 9.80 Å². The van der Waals surface area contributed by atoms with Gasteiger partial charge in [-0.2, -0.15) is 0 Å². The lowest BCUT2D eigenvalue weighted by Gasteiger charge is -2.47. The molecule has 0 atom stereocenters. The summed E-state index contributed by atoms with van der Waals surface area (Å²) < 4.78 is 7.77. The fourth-order valence-electron chi connectivity index (χ4n) is 15.1. The fourth-order valence-corrected chi connectivity index (χ4v) is 16.2. The Labute approximate surface area is 478 Å². The van der Waals surface area contributed by atoms with Crippen molar-refractivity contribution >= 4 is 76.0 Å². The zero-order valence-electron chi connectivity index (χ0n) is 52.6. The van der Waals surface area contributed by atoms with Crippen LogP contribution in [0, 0.1) is 0 Å². The lowest BCUT2D eigenvalue weighted by molar-refractivity contribution is 0.332. The first-order chi connectivity index (χ1) is 36.5. The van der Waals surface area contributed by atoms with Crippen molar-refractivity contribution in [1.29, 1.82) is 0 Å². The average molecular weight is 1070 g/mol. The van der Waals surface area contributed by atoms with Crippen LogP contribution in [0.5, 0.6) is 0 Å². The number of fused-ring (bicyclic) bond motifs is 9. The van der Waals surface area contributed by atoms with E-state index in [1.54, 1.807) is 0 Å². The Morgan fingerprint density at radius 3 is 1.54 bits per heavy atom. The van der Waals surface area contributed by atoms with E-state index in [1.165, 1.54) is 117 Å². The topological polar surface area (TPSA) is 19.6 Å². The Morgan fingerprint density at radius 2 is 0.987 bits per heavy atom. The molecule has 0 fully saturated rings. The summed E-state index contributed by atoms with van der Waals surface area (Å²) in [6.07, 6.45) is 6.98. The van der Waals surface area contributed by atoms with E-state index in [0.717, 1.165) is 50.1 Å². The molecule has 5 aliphatic rings. The van der Waals surface area contributed by atoms with Crippen LogP contribution in [0.1, 0.15) is 213 Å². The third-order valence-corrected chi connectivity index (χ3v) is 23.1. The molecule has 412 valence electrons.